The molecule has 0 spiro atoms. The summed E-state index contributed by atoms with van der Waals surface area (Å²) in [6, 6.07) is 11.7. The van der Waals surface area contributed by atoms with Gasteiger partial charge in [-0.05, 0) is 52.3 Å². The van der Waals surface area contributed by atoms with Gasteiger partial charge >= 0.3 is 0 Å². The highest BCUT2D eigenvalue weighted by Crippen LogP contribution is 2.06. The number of nitrogens with one attached hydrogen (secondary N) is 2. The molecule has 1 aromatic heterocycles. The largest absolute Gasteiger partial charge is 0.381 e. The minimum Gasteiger partial charge on any atom is -0.381 e. The van der Waals surface area contributed by atoms with Crippen LogP contribution >= 0.6 is 11.3 Å². The van der Waals surface area contributed by atoms with Gasteiger partial charge in [0, 0.05) is 24.3 Å². The predicted octanol–water partition coefficient (Wildman–Crippen LogP) is 1.80. The SMILES string of the molecule is CCn1c(=O)/c(=C(/C)CNc2ccccc2)s/c1=C(/C#N)C(=O)NC(C)(C)C. The van der Waals surface area contributed by atoms with Gasteiger partial charge in [0.05, 0.1) is 4.53 Å². The number of carbonyl (C=O) groups is 1. The summed E-state index contributed by atoms with van der Waals surface area (Å²) in [4.78, 5) is 25.4. The van der Waals surface area contributed by atoms with E-state index < -0.39 is 11.4 Å². The number of hydrogen-bond acceptors (Lipinski definition) is 5. The first-order chi connectivity index (χ1) is 13.2. The molecule has 1 heterocycles. The Morgan fingerprint density at radius 3 is 2.43 bits per heavy atom. The molecule has 0 atom stereocenters. The average Bonchev–Trinajstić information content (AvgIpc) is 2.96. The van der Waals surface area contributed by atoms with Crippen LogP contribution in [0.5, 0.6) is 0 Å². The minimum atomic E-state index is -0.474. The Hall–Kier alpha value is -2.85. The fourth-order valence-corrected chi connectivity index (χ4v) is 3.82. The van der Waals surface area contributed by atoms with Crippen molar-refractivity contribution in [3.63, 3.8) is 0 Å². The van der Waals surface area contributed by atoms with Crippen molar-refractivity contribution in [1.29, 1.82) is 5.26 Å². The van der Waals surface area contributed by atoms with Gasteiger partial charge in [-0.1, -0.05) is 18.2 Å². The van der Waals surface area contributed by atoms with E-state index in [-0.39, 0.29) is 11.1 Å². The molecule has 0 aliphatic rings. The van der Waals surface area contributed by atoms with Crippen LogP contribution in [0.15, 0.2) is 35.1 Å². The second-order valence-corrected chi connectivity index (χ2v) is 8.48. The molecule has 1 amide bonds. The number of anilines is 1. The summed E-state index contributed by atoms with van der Waals surface area (Å²) in [6.45, 7) is 10.1. The quantitative estimate of drug-likeness (QED) is 0.804. The smallest absolute Gasteiger partial charge is 0.269 e. The van der Waals surface area contributed by atoms with Gasteiger partial charge in [-0.3, -0.25) is 14.2 Å². The zero-order valence-electron chi connectivity index (χ0n) is 16.9. The second kappa shape index (κ2) is 8.89. The average molecular weight is 399 g/mol. The summed E-state index contributed by atoms with van der Waals surface area (Å²) >= 11 is 1.19. The van der Waals surface area contributed by atoms with Crippen LogP contribution in [-0.4, -0.2) is 22.6 Å². The fraction of sp³-hybridized carbons (Fsp3) is 0.381. The number of aromatic nitrogens is 1. The Morgan fingerprint density at radius 2 is 1.89 bits per heavy atom. The first kappa shape index (κ1) is 21.5. The second-order valence-electron chi connectivity index (χ2n) is 7.48. The lowest BCUT2D eigenvalue weighted by molar-refractivity contribution is -0.116. The molecular weight excluding hydrogens is 372 g/mol. The number of nitrogens with zero attached hydrogens (tertiary/aromatic N) is 2. The number of rotatable bonds is 5. The molecule has 0 unspecified atom stereocenters. The van der Waals surface area contributed by atoms with Crippen LogP contribution in [0.3, 0.4) is 0 Å². The molecular formula is C21H26N4O2S. The maximum Gasteiger partial charge on any atom is 0.269 e. The standard InChI is InChI=1S/C21H26N4O2S/c1-6-25-19(27)17(14(2)13-23-15-10-8-7-9-11-15)28-20(25)16(12-22)18(26)24-21(3,4)5/h7-11,23H,6,13H2,1-5H3,(H,24,26)/b17-14+,20-16-. The third-order valence-electron chi connectivity index (χ3n) is 3.96. The van der Waals surface area contributed by atoms with Gasteiger partial charge in [0.2, 0.25) is 0 Å². The van der Waals surface area contributed by atoms with Crippen molar-refractivity contribution in [2.45, 2.75) is 46.7 Å². The number of hydrogen-bond donors (Lipinski definition) is 2. The van der Waals surface area contributed by atoms with Crippen molar-refractivity contribution in [2.75, 3.05) is 11.9 Å². The number of nitriles is 1. The van der Waals surface area contributed by atoms with Gasteiger partial charge in [0.15, 0.2) is 5.57 Å². The van der Waals surface area contributed by atoms with Crippen LogP contribution in [0.2, 0.25) is 0 Å². The Labute approximate surface area is 168 Å². The maximum atomic E-state index is 12.9. The van der Waals surface area contributed by atoms with Gasteiger partial charge in [-0.15, -0.1) is 11.3 Å². The Balaban J connectivity index is 2.55. The van der Waals surface area contributed by atoms with Gasteiger partial charge in [0.25, 0.3) is 11.5 Å². The zero-order chi connectivity index (χ0) is 20.9. The highest BCUT2D eigenvalue weighted by atomic mass is 32.1. The molecule has 0 saturated carbocycles. The van der Waals surface area contributed by atoms with Gasteiger partial charge in [0.1, 0.15) is 10.7 Å². The molecule has 1 aromatic carbocycles. The van der Waals surface area contributed by atoms with Gasteiger partial charge in [-0.2, -0.15) is 5.26 Å². The van der Waals surface area contributed by atoms with E-state index in [9.17, 15) is 14.9 Å². The lowest BCUT2D eigenvalue weighted by Crippen LogP contribution is -2.42. The van der Waals surface area contributed by atoms with Crippen molar-refractivity contribution in [1.82, 2.24) is 9.88 Å². The van der Waals surface area contributed by atoms with Crippen molar-refractivity contribution in [2.24, 2.45) is 0 Å². The zero-order valence-corrected chi connectivity index (χ0v) is 17.7. The Morgan fingerprint density at radius 1 is 1.25 bits per heavy atom. The summed E-state index contributed by atoms with van der Waals surface area (Å²) < 4.78 is 2.44. The normalized spacial score (nSPS) is 13.4. The first-order valence-corrected chi connectivity index (χ1v) is 9.94. The highest BCUT2D eigenvalue weighted by Gasteiger charge is 2.20. The van der Waals surface area contributed by atoms with Crippen LogP contribution in [0.4, 0.5) is 5.69 Å². The minimum absolute atomic E-state index is 0.0334. The van der Waals surface area contributed by atoms with E-state index in [0.29, 0.717) is 22.3 Å². The van der Waals surface area contributed by atoms with Crippen LogP contribution in [-0.2, 0) is 11.3 Å². The van der Waals surface area contributed by atoms with E-state index in [0.717, 1.165) is 11.3 Å². The lowest BCUT2D eigenvalue weighted by atomic mass is 10.1. The summed E-state index contributed by atoms with van der Waals surface area (Å²) in [7, 11) is 0. The molecule has 148 valence electrons. The monoisotopic (exact) mass is 398 g/mol. The van der Waals surface area contributed by atoms with Crippen molar-refractivity contribution in [3.8, 4) is 6.07 Å². The molecule has 28 heavy (non-hydrogen) atoms. The number of carbonyl (C=O) groups excluding carboxylic acids is 1. The molecule has 0 saturated heterocycles. The van der Waals surface area contributed by atoms with E-state index in [1.54, 1.807) is 0 Å². The van der Waals surface area contributed by atoms with E-state index in [2.05, 4.69) is 10.6 Å². The van der Waals surface area contributed by atoms with Crippen LogP contribution in [0, 0.1) is 11.3 Å². The number of thiazole rings is 1. The number of para-hydroxylation sites is 1. The van der Waals surface area contributed by atoms with Crippen molar-refractivity contribution < 1.29 is 4.79 Å². The van der Waals surface area contributed by atoms with Gasteiger partial charge in [-0.25, -0.2) is 0 Å². The molecule has 2 N–H and O–H groups in total. The maximum absolute atomic E-state index is 12.9. The molecule has 0 radical (unpaired) electrons. The van der Waals surface area contributed by atoms with Gasteiger partial charge < -0.3 is 10.6 Å². The fourth-order valence-electron chi connectivity index (χ4n) is 2.62. The molecule has 7 heteroatoms. The Bertz CT molecular complexity index is 1070. The molecule has 0 fully saturated rings. The summed E-state index contributed by atoms with van der Waals surface area (Å²) in [5.41, 5.74) is 1.14. The number of benzene rings is 1. The van der Waals surface area contributed by atoms with Crippen molar-refractivity contribution >= 4 is 34.1 Å². The van der Waals surface area contributed by atoms with Crippen molar-refractivity contribution in [3.05, 3.63) is 49.9 Å². The van der Waals surface area contributed by atoms with Crippen LogP contribution in [0.25, 0.3) is 11.1 Å². The van der Waals surface area contributed by atoms with E-state index in [4.69, 9.17) is 0 Å². The molecule has 0 bridgehead atoms. The summed E-state index contributed by atoms with van der Waals surface area (Å²) in [5.74, 6) is -0.468. The predicted molar refractivity (Wildman–Crippen MR) is 114 cm³/mol. The van der Waals surface area contributed by atoms with Crippen LogP contribution in [0.1, 0.15) is 34.6 Å². The molecule has 2 rings (SSSR count). The number of amides is 1. The third kappa shape index (κ3) is 5.11. The molecule has 2 aromatic rings. The highest BCUT2D eigenvalue weighted by molar-refractivity contribution is 7.07. The molecule has 0 aliphatic carbocycles. The van der Waals surface area contributed by atoms with Crippen LogP contribution < -0.4 is 25.4 Å². The Kier molecular flexibility index (Phi) is 6.81. The lowest BCUT2D eigenvalue weighted by Gasteiger charge is -2.19. The summed E-state index contributed by atoms with van der Waals surface area (Å²) in [5, 5.41) is 15.7. The van der Waals surface area contributed by atoms with E-state index >= 15 is 0 Å². The third-order valence-corrected chi connectivity index (χ3v) is 5.30. The first-order valence-electron chi connectivity index (χ1n) is 9.13. The molecule has 6 nitrogen and oxygen atoms in total. The summed E-state index contributed by atoms with van der Waals surface area (Å²) in [6.07, 6.45) is 0. The van der Waals surface area contributed by atoms with E-state index in [1.807, 2.05) is 71.0 Å². The molecule has 0 aliphatic heterocycles. The topological polar surface area (TPSA) is 86.9 Å². The van der Waals surface area contributed by atoms with E-state index in [1.165, 1.54) is 15.9 Å².